The minimum atomic E-state index is 0.767. The first-order valence-electron chi connectivity index (χ1n) is 5.21. The predicted molar refractivity (Wildman–Crippen MR) is 63.5 cm³/mol. The highest BCUT2D eigenvalue weighted by molar-refractivity contribution is 7.80. The van der Waals surface area contributed by atoms with Crippen molar-refractivity contribution in [2.75, 3.05) is 0 Å². The number of hydrogen-bond acceptors (Lipinski definition) is 3. The topological polar surface area (TPSA) is 25.8 Å². The van der Waals surface area contributed by atoms with Crippen LogP contribution in [0.2, 0.25) is 0 Å². The Labute approximate surface area is 94.2 Å². The lowest BCUT2D eigenvalue weighted by atomic mass is 10.1. The SMILES string of the molecule is Cc1nc(S)c2cc(C3CC3)ccc2n1. The summed E-state index contributed by atoms with van der Waals surface area (Å²) in [6.07, 6.45) is 2.64. The van der Waals surface area contributed by atoms with E-state index in [9.17, 15) is 0 Å². The maximum atomic E-state index is 4.41. The number of hydrogen-bond donors (Lipinski definition) is 1. The van der Waals surface area contributed by atoms with E-state index >= 15 is 0 Å². The predicted octanol–water partition coefficient (Wildman–Crippen LogP) is 3.10. The average molecular weight is 216 g/mol. The molecule has 0 radical (unpaired) electrons. The van der Waals surface area contributed by atoms with Gasteiger partial charge in [-0.25, -0.2) is 9.97 Å². The molecule has 0 amide bonds. The van der Waals surface area contributed by atoms with Crippen LogP contribution in [0, 0.1) is 6.92 Å². The summed E-state index contributed by atoms with van der Waals surface area (Å²) in [5, 5.41) is 1.87. The number of aromatic nitrogens is 2. The molecule has 0 bridgehead atoms. The second kappa shape index (κ2) is 3.20. The molecule has 0 aliphatic heterocycles. The molecule has 2 aromatic rings. The minimum Gasteiger partial charge on any atom is -0.233 e. The molecular weight excluding hydrogens is 204 g/mol. The molecule has 1 saturated carbocycles. The minimum absolute atomic E-state index is 0.767. The van der Waals surface area contributed by atoms with E-state index in [2.05, 4.69) is 40.8 Å². The van der Waals surface area contributed by atoms with Crippen molar-refractivity contribution in [2.24, 2.45) is 0 Å². The lowest BCUT2D eigenvalue weighted by Crippen LogP contribution is -1.91. The van der Waals surface area contributed by atoms with Crippen LogP contribution in [0.4, 0.5) is 0 Å². The molecule has 76 valence electrons. The van der Waals surface area contributed by atoms with Crippen molar-refractivity contribution in [1.29, 1.82) is 0 Å². The summed E-state index contributed by atoms with van der Waals surface area (Å²) in [6.45, 7) is 1.90. The van der Waals surface area contributed by atoms with E-state index in [0.717, 1.165) is 27.7 Å². The van der Waals surface area contributed by atoms with Gasteiger partial charge in [-0.2, -0.15) is 0 Å². The van der Waals surface area contributed by atoms with Crippen LogP contribution in [0.5, 0.6) is 0 Å². The molecule has 1 fully saturated rings. The Kier molecular flexibility index (Phi) is 1.96. The molecule has 3 rings (SSSR count). The number of rotatable bonds is 1. The highest BCUT2D eigenvalue weighted by atomic mass is 32.1. The lowest BCUT2D eigenvalue weighted by Gasteiger charge is -2.04. The van der Waals surface area contributed by atoms with Gasteiger partial charge in [-0.05, 0) is 43.4 Å². The van der Waals surface area contributed by atoms with Gasteiger partial charge in [0, 0.05) is 5.39 Å². The van der Waals surface area contributed by atoms with Crippen LogP contribution >= 0.6 is 12.6 Å². The molecule has 1 aromatic heterocycles. The molecule has 0 unspecified atom stereocenters. The summed E-state index contributed by atoms with van der Waals surface area (Å²) in [4.78, 5) is 8.67. The standard InChI is InChI=1S/C12H12N2S/c1-7-13-11-5-4-9(8-2-3-8)6-10(11)12(15)14-7/h4-6,8H,2-3H2,1H3,(H,13,14,15). The summed E-state index contributed by atoms with van der Waals surface area (Å²) in [5.74, 6) is 1.55. The fourth-order valence-corrected chi connectivity index (χ4v) is 2.24. The number of aryl methyl sites for hydroxylation is 1. The van der Waals surface area contributed by atoms with Crippen molar-refractivity contribution in [1.82, 2.24) is 9.97 Å². The summed E-state index contributed by atoms with van der Waals surface area (Å²) in [7, 11) is 0. The van der Waals surface area contributed by atoms with Crippen LogP contribution in [0.25, 0.3) is 10.9 Å². The molecule has 2 nitrogen and oxygen atoms in total. The van der Waals surface area contributed by atoms with Crippen LogP contribution < -0.4 is 0 Å². The van der Waals surface area contributed by atoms with Gasteiger partial charge in [0.05, 0.1) is 5.52 Å². The third kappa shape index (κ3) is 1.61. The van der Waals surface area contributed by atoms with Crippen molar-refractivity contribution >= 4 is 23.5 Å². The Balaban J connectivity index is 2.25. The van der Waals surface area contributed by atoms with Crippen molar-refractivity contribution in [2.45, 2.75) is 30.7 Å². The number of thiol groups is 1. The van der Waals surface area contributed by atoms with Crippen molar-refractivity contribution < 1.29 is 0 Å². The molecule has 0 spiro atoms. The molecule has 1 aliphatic rings. The molecular formula is C12H12N2S. The van der Waals surface area contributed by atoms with E-state index in [1.807, 2.05) is 6.92 Å². The van der Waals surface area contributed by atoms with Gasteiger partial charge in [0.15, 0.2) is 0 Å². The Morgan fingerprint density at radius 1 is 1.27 bits per heavy atom. The first kappa shape index (κ1) is 9.16. The van der Waals surface area contributed by atoms with E-state index in [4.69, 9.17) is 0 Å². The summed E-state index contributed by atoms with van der Waals surface area (Å²) >= 11 is 4.41. The quantitative estimate of drug-likeness (QED) is 0.585. The van der Waals surface area contributed by atoms with Gasteiger partial charge in [0.2, 0.25) is 0 Å². The highest BCUT2D eigenvalue weighted by Gasteiger charge is 2.23. The third-order valence-electron chi connectivity index (χ3n) is 2.86. The molecule has 1 aliphatic carbocycles. The van der Waals surface area contributed by atoms with Crippen LogP contribution in [-0.4, -0.2) is 9.97 Å². The van der Waals surface area contributed by atoms with E-state index in [1.165, 1.54) is 18.4 Å². The average Bonchev–Trinajstić information content (AvgIpc) is 3.00. The van der Waals surface area contributed by atoms with Gasteiger partial charge in [0.1, 0.15) is 10.9 Å². The van der Waals surface area contributed by atoms with Gasteiger partial charge in [-0.15, -0.1) is 12.6 Å². The molecule has 15 heavy (non-hydrogen) atoms. The molecule has 0 N–H and O–H groups in total. The molecule has 3 heteroatoms. The van der Waals surface area contributed by atoms with Gasteiger partial charge in [0.25, 0.3) is 0 Å². The zero-order valence-corrected chi connectivity index (χ0v) is 9.46. The Hall–Kier alpha value is -1.09. The second-order valence-electron chi connectivity index (χ2n) is 4.15. The summed E-state index contributed by atoms with van der Waals surface area (Å²) in [5.41, 5.74) is 2.40. The van der Waals surface area contributed by atoms with Gasteiger partial charge < -0.3 is 0 Å². The maximum absolute atomic E-state index is 4.41. The van der Waals surface area contributed by atoms with E-state index in [-0.39, 0.29) is 0 Å². The first-order valence-corrected chi connectivity index (χ1v) is 5.66. The normalized spacial score (nSPS) is 15.9. The van der Waals surface area contributed by atoms with Crippen molar-refractivity contribution in [3.8, 4) is 0 Å². The molecule has 1 aromatic carbocycles. The van der Waals surface area contributed by atoms with Crippen LogP contribution in [0.3, 0.4) is 0 Å². The van der Waals surface area contributed by atoms with Crippen LogP contribution in [0.15, 0.2) is 23.2 Å². The Morgan fingerprint density at radius 2 is 2.07 bits per heavy atom. The van der Waals surface area contributed by atoms with Crippen molar-refractivity contribution in [3.05, 3.63) is 29.6 Å². The van der Waals surface area contributed by atoms with Gasteiger partial charge in [-0.3, -0.25) is 0 Å². The Bertz CT molecular complexity index is 532. The fourth-order valence-electron chi connectivity index (χ4n) is 1.91. The summed E-state index contributed by atoms with van der Waals surface area (Å²) < 4.78 is 0. The van der Waals surface area contributed by atoms with Crippen LogP contribution in [0.1, 0.15) is 30.1 Å². The Morgan fingerprint density at radius 3 is 2.80 bits per heavy atom. The number of nitrogens with zero attached hydrogens (tertiary/aromatic N) is 2. The molecule has 1 heterocycles. The second-order valence-corrected chi connectivity index (χ2v) is 4.57. The number of benzene rings is 1. The molecule has 0 atom stereocenters. The monoisotopic (exact) mass is 216 g/mol. The first-order chi connectivity index (χ1) is 7.24. The zero-order chi connectivity index (χ0) is 10.4. The van der Waals surface area contributed by atoms with Crippen LogP contribution in [-0.2, 0) is 0 Å². The fraction of sp³-hybridized carbons (Fsp3) is 0.333. The van der Waals surface area contributed by atoms with E-state index in [0.29, 0.717) is 0 Å². The molecule has 0 saturated heterocycles. The van der Waals surface area contributed by atoms with Gasteiger partial charge in [-0.1, -0.05) is 6.07 Å². The maximum Gasteiger partial charge on any atom is 0.127 e. The largest absolute Gasteiger partial charge is 0.233 e. The number of fused-ring (bicyclic) bond motifs is 1. The zero-order valence-electron chi connectivity index (χ0n) is 8.57. The lowest BCUT2D eigenvalue weighted by molar-refractivity contribution is 1.01. The van der Waals surface area contributed by atoms with Crippen molar-refractivity contribution in [3.63, 3.8) is 0 Å². The summed E-state index contributed by atoms with van der Waals surface area (Å²) in [6, 6.07) is 6.45. The van der Waals surface area contributed by atoms with Gasteiger partial charge >= 0.3 is 0 Å². The highest BCUT2D eigenvalue weighted by Crippen LogP contribution is 2.41. The van der Waals surface area contributed by atoms with E-state index in [1.54, 1.807) is 0 Å². The third-order valence-corrected chi connectivity index (χ3v) is 3.20. The van der Waals surface area contributed by atoms with E-state index < -0.39 is 0 Å². The smallest absolute Gasteiger partial charge is 0.127 e.